The fourth-order valence-corrected chi connectivity index (χ4v) is 10.0. The van der Waals surface area contributed by atoms with Gasteiger partial charge in [-0.2, -0.15) is 5.10 Å². The van der Waals surface area contributed by atoms with Crippen molar-refractivity contribution in [2.75, 3.05) is 39.8 Å². The first-order valence-electron chi connectivity index (χ1n) is 15.9. The molecule has 4 aliphatic rings. The molecule has 42 heavy (non-hydrogen) atoms. The number of thiophene rings is 1. The SMILES string of the molecule is Cc1c(C2CCN(C(=O)[C@H]3C[C@@]4(CN(C)CCO4)C3)CC2)sc2[nH]c(-c3cn4ncnc4c4c3CCC4)c(C(C)C)c12. The molecule has 0 atom stereocenters. The summed E-state index contributed by atoms with van der Waals surface area (Å²) in [6.07, 6.45) is 11.1. The molecule has 2 aliphatic heterocycles. The molecule has 1 N–H and O–H groups in total. The quantitative estimate of drug-likeness (QED) is 0.333. The zero-order valence-electron chi connectivity index (χ0n) is 25.3. The molecule has 222 valence electrons. The predicted octanol–water partition coefficient (Wildman–Crippen LogP) is 5.68. The molecule has 8 nitrogen and oxygen atoms in total. The number of carbonyl (C=O) groups is 1. The summed E-state index contributed by atoms with van der Waals surface area (Å²) in [5, 5.41) is 5.93. The number of aromatic amines is 1. The first-order valence-corrected chi connectivity index (χ1v) is 16.7. The second-order valence-corrected chi connectivity index (χ2v) is 14.8. The molecule has 8 rings (SSSR count). The van der Waals surface area contributed by atoms with Crippen LogP contribution >= 0.6 is 11.3 Å². The lowest BCUT2D eigenvalue weighted by atomic mass is 9.69. The third-order valence-electron chi connectivity index (χ3n) is 10.6. The maximum Gasteiger partial charge on any atom is 0.225 e. The topological polar surface area (TPSA) is 78.8 Å². The number of amides is 1. The maximum absolute atomic E-state index is 13.4. The van der Waals surface area contributed by atoms with Crippen molar-refractivity contribution in [1.82, 2.24) is 29.4 Å². The third kappa shape index (κ3) is 4.10. The molecule has 9 heteroatoms. The van der Waals surface area contributed by atoms with E-state index < -0.39 is 0 Å². The first kappa shape index (κ1) is 26.8. The molecule has 0 unspecified atom stereocenters. The van der Waals surface area contributed by atoms with E-state index >= 15 is 0 Å². The monoisotopic (exact) mass is 586 g/mol. The van der Waals surface area contributed by atoms with E-state index in [1.54, 1.807) is 6.33 Å². The molecule has 0 bridgehead atoms. The Morgan fingerprint density at radius 2 is 1.95 bits per heavy atom. The minimum Gasteiger partial charge on any atom is -0.372 e. The molecule has 4 aromatic heterocycles. The van der Waals surface area contributed by atoms with Gasteiger partial charge >= 0.3 is 0 Å². The van der Waals surface area contributed by atoms with Gasteiger partial charge in [-0.3, -0.25) is 4.79 Å². The van der Waals surface area contributed by atoms with E-state index in [0.717, 1.165) is 77.0 Å². The largest absolute Gasteiger partial charge is 0.372 e. The Hall–Kier alpha value is -2.75. The molecule has 6 heterocycles. The van der Waals surface area contributed by atoms with Gasteiger partial charge in [0.15, 0.2) is 5.65 Å². The molecule has 1 saturated carbocycles. The van der Waals surface area contributed by atoms with Crippen LogP contribution in [-0.4, -0.2) is 80.7 Å². The van der Waals surface area contributed by atoms with Gasteiger partial charge in [-0.05, 0) is 87.4 Å². The van der Waals surface area contributed by atoms with Gasteiger partial charge in [0.1, 0.15) is 11.2 Å². The molecule has 2 aliphatic carbocycles. The van der Waals surface area contributed by atoms with Crippen LogP contribution in [0.15, 0.2) is 12.5 Å². The van der Waals surface area contributed by atoms with E-state index in [-0.39, 0.29) is 11.5 Å². The number of hydrogen-bond donors (Lipinski definition) is 1. The molecule has 1 spiro atoms. The molecule has 0 radical (unpaired) electrons. The number of aromatic nitrogens is 4. The van der Waals surface area contributed by atoms with Crippen LogP contribution in [-0.2, 0) is 22.4 Å². The van der Waals surface area contributed by atoms with Crippen molar-refractivity contribution in [2.45, 2.75) is 83.2 Å². The van der Waals surface area contributed by atoms with Gasteiger partial charge in [-0.25, -0.2) is 9.50 Å². The van der Waals surface area contributed by atoms with Gasteiger partial charge in [0.05, 0.1) is 17.9 Å². The standard InChI is InChI=1S/C33H42N6O2S/c1-19(2)26-27-20(3)29(21-8-10-38(11-9-21)32(40)22-14-33(15-22)17-37(4)12-13-41-33)42-31(27)36-28(26)25-16-39-30(34-18-35-39)24-7-5-6-23(24)25/h16,18-19,21-22,36H,5-15,17H2,1-4H3/t22-,33-. The van der Waals surface area contributed by atoms with E-state index in [0.29, 0.717) is 17.7 Å². The highest BCUT2D eigenvalue weighted by Gasteiger charge is 2.51. The number of pyridine rings is 1. The fraction of sp³-hybridized carbons (Fsp3) is 0.606. The molecule has 1 amide bonds. The Morgan fingerprint density at radius 3 is 2.71 bits per heavy atom. The van der Waals surface area contributed by atoms with E-state index in [2.05, 4.69) is 58.9 Å². The van der Waals surface area contributed by atoms with Crippen LogP contribution in [0, 0.1) is 12.8 Å². The molecule has 0 aromatic carbocycles. The summed E-state index contributed by atoms with van der Waals surface area (Å²) in [7, 11) is 2.16. The highest BCUT2D eigenvalue weighted by atomic mass is 32.1. The lowest BCUT2D eigenvalue weighted by molar-refractivity contribution is -0.183. The summed E-state index contributed by atoms with van der Waals surface area (Å²) in [5.74, 6) is 1.41. The van der Waals surface area contributed by atoms with Crippen molar-refractivity contribution in [2.24, 2.45) is 5.92 Å². The van der Waals surface area contributed by atoms with Gasteiger partial charge < -0.3 is 19.5 Å². The minimum atomic E-state index is -0.0745. The van der Waals surface area contributed by atoms with E-state index in [4.69, 9.17) is 4.74 Å². The Bertz CT molecular complexity index is 1680. The Labute approximate surface area is 251 Å². The lowest BCUT2D eigenvalue weighted by Crippen LogP contribution is -2.60. The highest BCUT2D eigenvalue weighted by Crippen LogP contribution is 2.48. The van der Waals surface area contributed by atoms with Crippen LogP contribution in [0.4, 0.5) is 0 Å². The number of nitrogens with one attached hydrogen (secondary N) is 1. The number of likely N-dealkylation sites (tertiary alicyclic amines) is 1. The maximum atomic E-state index is 13.4. The summed E-state index contributed by atoms with van der Waals surface area (Å²) in [4.78, 5) is 29.1. The smallest absolute Gasteiger partial charge is 0.225 e. The number of piperidine rings is 1. The minimum absolute atomic E-state index is 0.0745. The van der Waals surface area contributed by atoms with Gasteiger partial charge in [-0.1, -0.05) is 13.8 Å². The number of likely N-dealkylation sites (N-methyl/N-ethyl adjacent to an activating group) is 1. The summed E-state index contributed by atoms with van der Waals surface area (Å²) in [6, 6.07) is 0. The summed E-state index contributed by atoms with van der Waals surface area (Å²) in [5.41, 5.74) is 9.18. The van der Waals surface area contributed by atoms with Crippen molar-refractivity contribution in [1.29, 1.82) is 0 Å². The Balaban J connectivity index is 1.03. The number of carbonyl (C=O) groups excluding carboxylic acids is 1. The molecule has 3 fully saturated rings. The van der Waals surface area contributed by atoms with Crippen LogP contribution in [0.2, 0.25) is 0 Å². The second-order valence-electron chi connectivity index (χ2n) is 13.7. The van der Waals surface area contributed by atoms with Crippen molar-refractivity contribution in [3.05, 3.63) is 39.7 Å². The third-order valence-corrected chi connectivity index (χ3v) is 12.0. The average Bonchev–Trinajstić information content (AvgIpc) is 3.74. The molecule has 4 aromatic rings. The van der Waals surface area contributed by atoms with E-state index in [9.17, 15) is 4.79 Å². The predicted molar refractivity (Wildman–Crippen MR) is 166 cm³/mol. The van der Waals surface area contributed by atoms with Crippen molar-refractivity contribution in [3.63, 3.8) is 0 Å². The number of hydrogen-bond acceptors (Lipinski definition) is 6. The first-order chi connectivity index (χ1) is 20.3. The summed E-state index contributed by atoms with van der Waals surface area (Å²) in [6.45, 7) is 11.4. The van der Waals surface area contributed by atoms with Crippen LogP contribution < -0.4 is 0 Å². The lowest BCUT2D eigenvalue weighted by Gasteiger charge is -2.52. The molecular weight excluding hydrogens is 544 g/mol. The van der Waals surface area contributed by atoms with Gasteiger partial charge in [0.2, 0.25) is 5.91 Å². The number of aryl methyl sites for hydroxylation is 2. The number of morpholine rings is 1. The molecular formula is C33H42N6O2S. The van der Waals surface area contributed by atoms with E-state index in [1.165, 1.54) is 55.0 Å². The van der Waals surface area contributed by atoms with E-state index in [1.807, 2.05) is 15.9 Å². The van der Waals surface area contributed by atoms with Crippen molar-refractivity contribution < 1.29 is 9.53 Å². The zero-order chi connectivity index (χ0) is 28.7. The second kappa shape index (κ2) is 9.89. The van der Waals surface area contributed by atoms with Gasteiger partial charge in [0, 0.05) is 59.7 Å². The Morgan fingerprint density at radius 1 is 1.17 bits per heavy atom. The van der Waals surface area contributed by atoms with Gasteiger partial charge in [-0.15, -0.1) is 11.3 Å². The van der Waals surface area contributed by atoms with Crippen LogP contribution in [0.1, 0.15) is 84.9 Å². The van der Waals surface area contributed by atoms with Gasteiger partial charge in [0.25, 0.3) is 0 Å². The number of nitrogens with zero attached hydrogens (tertiary/aromatic N) is 5. The number of fused-ring (bicyclic) bond motifs is 4. The normalized spacial score (nSPS) is 25.3. The highest BCUT2D eigenvalue weighted by molar-refractivity contribution is 7.19. The van der Waals surface area contributed by atoms with Crippen molar-refractivity contribution >= 4 is 33.1 Å². The van der Waals surface area contributed by atoms with Crippen LogP contribution in [0.3, 0.4) is 0 Å². The number of H-pyrrole nitrogens is 1. The zero-order valence-corrected chi connectivity index (χ0v) is 26.1. The number of rotatable bonds is 4. The number of ether oxygens (including phenoxy) is 1. The molecule has 2 saturated heterocycles. The van der Waals surface area contributed by atoms with Crippen molar-refractivity contribution in [3.8, 4) is 11.3 Å². The average molecular weight is 587 g/mol. The fourth-order valence-electron chi connectivity index (χ4n) is 8.61. The Kier molecular flexibility index (Phi) is 6.32. The summed E-state index contributed by atoms with van der Waals surface area (Å²) >= 11 is 1.95. The van der Waals surface area contributed by atoms with Crippen LogP contribution in [0.25, 0.3) is 27.1 Å². The van der Waals surface area contributed by atoms with Crippen LogP contribution in [0.5, 0.6) is 0 Å². The summed E-state index contributed by atoms with van der Waals surface area (Å²) < 4.78 is 8.10.